The van der Waals surface area contributed by atoms with Crippen molar-refractivity contribution in [2.24, 2.45) is 0 Å². The van der Waals surface area contributed by atoms with E-state index in [1.807, 2.05) is 0 Å². The fourth-order valence-corrected chi connectivity index (χ4v) is 8.05. The minimum atomic E-state index is -0.779. The first-order chi connectivity index (χ1) is 31.0. The van der Waals surface area contributed by atoms with Crippen LogP contribution in [0.4, 0.5) is 0 Å². The third kappa shape index (κ3) is 50.5. The van der Waals surface area contributed by atoms with Gasteiger partial charge in [0.05, 0.1) is 0 Å². The van der Waals surface area contributed by atoms with E-state index in [0.29, 0.717) is 19.3 Å². The largest absolute Gasteiger partial charge is 0.462 e. The van der Waals surface area contributed by atoms with Crippen LogP contribution in [0.1, 0.15) is 290 Å². The molecule has 0 aromatic rings. The van der Waals surface area contributed by atoms with E-state index in [9.17, 15) is 14.4 Å². The number of ether oxygens (including phenoxy) is 3. The summed E-state index contributed by atoms with van der Waals surface area (Å²) in [6.07, 6.45) is 61.3. The van der Waals surface area contributed by atoms with Crippen molar-refractivity contribution in [2.75, 3.05) is 13.2 Å². The summed E-state index contributed by atoms with van der Waals surface area (Å²) in [6, 6.07) is 0. The summed E-state index contributed by atoms with van der Waals surface area (Å²) in [5.41, 5.74) is 0. The molecule has 0 fully saturated rings. The highest BCUT2D eigenvalue weighted by molar-refractivity contribution is 5.71. The highest BCUT2D eigenvalue weighted by atomic mass is 16.6. The first kappa shape index (κ1) is 60.6. The van der Waals surface area contributed by atoms with Gasteiger partial charge in [-0.2, -0.15) is 0 Å². The molecule has 0 saturated carbocycles. The van der Waals surface area contributed by atoms with Crippen molar-refractivity contribution in [3.05, 3.63) is 36.5 Å². The number of esters is 3. The Hall–Kier alpha value is -2.37. The molecule has 0 rings (SSSR count). The molecule has 1 atom stereocenters. The summed E-state index contributed by atoms with van der Waals surface area (Å²) >= 11 is 0. The average molecular weight is 885 g/mol. The maximum atomic E-state index is 12.8. The van der Waals surface area contributed by atoms with Gasteiger partial charge in [-0.05, 0) is 51.4 Å². The van der Waals surface area contributed by atoms with Crippen molar-refractivity contribution in [2.45, 2.75) is 297 Å². The second kappa shape index (κ2) is 52.3. The van der Waals surface area contributed by atoms with Crippen LogP contribution in [-0.2, 0) is 28.6 Å². The average Bonchev–Trinajstić information content (AvgIpc) is 3.28. The highest BCUT2D eigenvalue weighted by Gasteiger charge is 2.19. The number of rotatable bonds is 50. The predicted octanol–water partition coefficient (Wildman–Crippen LogP) is 18.1. The lowest BCUT2D eigenvalue weighted by atomic mass is 10.0. The number of hydrogen-bond acceptors (Lipinski definition) is 6. The minimum absolute atomic E-state index is 0.0768. The van der Waals surface area contributed by atoms with Gasteiger partial charge in [-0.25, -0.2) is 0 Å². The number of unbranched alkanes of at least 4 members (excludes halogenated alkanes) is 33. The molecule has 0 spiro atoms. The van der Waals surface area contributed by atoms with Crippen LogP contribution in [0.2, 0.25) is 0 Å². The monoisotopic (exact) mass is 885 g/mol. The Balaban J connectivity index is 4.35. The SMILES string of the molecule is CC/C=C\C/C=C\C/C=C\CCCCCCC(=O)OC(COC(=O)CCCCCCCCCCCCCCCC)COC(=O)CCCCCCCCCCCCCCCCCCC. The van der Waals surface area contributed by atoms with Crippen LogP contribution in [-0.4, -0.2) is 37.2 Å². The Bertz CT molecular complexity index is 1060. The van der Waals surface area contributed by atoms with E-state index >= 15 is 0 Å². The molecule has 0 heterocycles. The molecule has 0 bridgehead atoms. The van der Waals surface area contributed by atoms with Gasteiger partial charge in [0.1, 0.15) is 13.2 Å². The van der Waals surface area contributed by atoms with E-state index in [4.69, 9.17) is 14.2 Å². The van der Waals surface area contributed by atoms with Crippen LogP contribution in [0.3, 0.4) is 0 Å². The predicted molar refractivity (Wildman–Crippen MR) is 270 cm³/mol. The van der Waals surface area contributed by atoms with Crippen molar-refractivity contribution in [1.29, 1.82) is 0 Å². The first-order valence-electron chi connectivity index (χ1n) is 27.5. The van der Waals surface area contributed by atoms with E-state index in [-0.39, 0.29) is 31.1 Å². The fraction of sp³-hybridized carbons (Fsp3) is 0.842. The van der Waals surface area contributed by atoms with Crippen LogP contribution < -0.4 is 0 Å². The van der Waals surface area contributed by atoms with Gasteiger partial charge in [-0.1, -0.05) is 256 Å². The molecule has 63 heavy (non-hydrogen) atoms. The number of allylic oxidation sites excluding steroid dienone is 6. The topological polar surface area (TPSA) is 78.9 Å². The van der Waals surface area contributed by atoms with Crippen molar-refractivity contribution in [3.63, 3.8) is 0 Å². The van der Waals surface area contributed by atoms with Gasteiger partial charge >= 0.3 is 17.9 Å². The van der Waals surface area contributed by atoms with Crippen LogP contribution in [0.15, 0.2) is 36.5 Å². The molecule has 0 aromatic carbocycles. The number of carbonyl (C=O) groups excluding carboxylic acids is 3. The normalized spacial score (nSPS) is 12.2. The molecule has 0 amide bonds. The zero-order valence-corrected chi connectivity index (χ0v) is 42.1. The van der Waals surface area contributed by atoms with Gasteiger partial charge in [0.2, 0.25) is 0 Å². The molecule has 0 N–H and O–H groups in total. The van der Waals surface area contributed by atoms with Crippen molar-refractivity contribution in [3.8, 4) is 0 Å². The zero-order valence-electron chi connectivity index (χ0n) is 42.1. The van der Waals surface area contributed by atoms with Gasteiger partial charge in [-0.15, -0.1) is 0 Å². The number of carbonyl (C=O) groups is 3. The van der Waals surface area contributed by atoms with E-state index < -0.39 is 6.10 Å². The molecule has 0 aliphatic carbocycles. The van der Waals surface area contributed by atoms with E-state index in [1.54, 1.807) is 0 Å². The van der Waals surface area contributed by atoms with Gasteiger partial charge in [0.25, 0.3) is 0 Å². The van der Waals surface area contributed by atoms with Crippen LogP contribution >= 0.6 is 0 Å². The Morgan fingerprint density at radius 1 is 0.333 bits per heavy atom. The lowest BCUT2D eigenvalue weighted by Gasteiger charge is -2.18. The van der Waals surface area contributed by atoms with E-state index in [0.717, 1.165) is 89.9 Å². The van der Waals surface area contributed by atoms with Crippen LogP contribution in [0.25, 0.3) is 0 Å². The molecule has 0 radical (unpaired) electrons. The lowest BCUT2D eigenvalue weighted by molar-refractivity contribution is -0.167. The lowest BCUT2D eigenvalue weighted by Crippen LogP contribution is -2.30. The summed E-state index contributed by atoms with van der Waals surface area (Å²) in [6.45, 7) is 6.55. The fourth-order valence-electron chi connectivity index (χ4n) is 8.05. The standard InChI is InChI=1S/C57H104O6/c1-4-7-10-13-16-19-22-25-28-29-30-33-35-38-41-44-47-50-56(59)62-53-54(63-57(60)51-48-45-42-39-36-32-27-24-21-18-15-12-9-6-3)52-61-55(58)49-46-43-40-37-34-31-26-23-20-17-14-11-8-5-2/h9,12,18,21,27,32,54H,4-8,10-11,13-17,19-20,22-26,28-31,33-53H2,1-3H3/b12-9-,21-18-,32-27-. The second-order valence-corrected chi connectivity index (χ2v) is 18.5. The van der Waals surface area contributed by atoms with E-state index in [2.05, 4.69) is 57.2 Å². The smallest absolute Gasteiger partial charge is 0.306 e. The Kier molecular flexibility index (Phi) is 50.3. The molecular weight excluding hydrogens is 781 g/mol. The molecule has 0 aromatic heterocycles. The van der Waals surface area contributed by atoms with Crippen molar-refractivity contribution < 1.29 is 28.6 Å². The minimum Gasteiger partial charge on any atom is -0.462 e. The first-order valence-corrected chi connectivity index (χ1v) is 27.5. The highest BCUT2D eigenvalue weighted by Crippen LogP contribution is 2.17. The van der Waals surface area contributed by atoms with Gasteiger partial charge in [0.15, 0.2) is 6.10 Å². The van der Waals surface area contributed by atoms with Gasteiger partial charge < -0.3 is 14.2 Å². The molecular formula is C57H104O6. The second-order valence-electron chi connectivity index (χ2n) is 18.5. The zero-order chi connectivity index (χ0) is 45.8. The molecule has 6 heteroatoms. The van der Waals surface area contributed by atoms with Gasteiger partial charge in [0, 0.05) is 19.3 Å². The summed E-state index contributed by atoms with van der Waals surface area (Å²) in [4.78, 5) is 38.0. The third-order valence-corrected chi connectivity index (χ3v) is 12.2. The van der Waals surface area contributed by atoms with Crippen LogP contribution in [0, 0.1) is 0 Å². The maximum absolute atomic E-state index is 12.8. The quantitative estimate of drug-likeness (QED) is 0.0262. The van der Waals surface area contributed by atoms with Gasteiger partial charge in [-0.3, -0.25) is 14.4 Å². The van der Waals surface area contributed by atoms with Crippen molar-refractivity contribution in [1.82, 2.24) is 0 Å². The molecule has 0 aliphatic rings. The molecule has 0 saturated heterocycles. The van der Waals surface area contributed by atoms with Crippen LogP contribution in [0.5, 0.6) is 0 Å². The summed E-state index contributed by atoms with van der Waals surface area (Å²) in [7, 11) is 0. The molecule has 1 unspecified atom stereocenters. The Morgan fingerprint density at radius 3 is 0.968 bits per heavy atom. The molecule has 368 valence electrons. The Morgan fingerprint density at radius 2 is 0.619 bits per heavy atom. The summed E-state index contributed by atoms with van der Waals surface area (Å²) in [5, 5.41) is 0. The summed E-state index contributed by atoms with van der Waals surface area (Å²) in [5.74, 6) is -0.883. The Labute approximate surface area is 391 Å². The molecule has 6 nitrogen and oxygen atoms in total. The van der Waals surface area contributed by atoms with E-state index in [1.165, 1.54) is 161 Å². The maximum Gasteiger partial charge on any atom is 0.306 e. The molecule has 0 aliphatic heterocycles. The third-order valence-electron chi connectivity index (χ3n) is 12.2. The number of hydrogen-bond donors (Lipinski definition) is 0. The summed E-state index contributed by atoms with van der Waals surface area (Å²) < 4.78 is 16.8. The van der Waals surface area contributed by atoms with Crippen molar-refractivity contribution >= 4 is 17.9 Å².